The third-order valence-electron chi connectivity index (χ3n) is 15.8. The summed E-state index contributed by atoms with van der Waals surface area (Å²) in [5.41, 5.74) is 22.0. The van der Waals surface area contributed by atoms with Crippen LogP contribution in [-0.4, -0.2) is 29.9 Å². The van der Waals surface area contributed by atoms with E-state index in [4.69, 9.17) is 29.9 Å². The van der Waals surface area contributed by atoms with E-state index < -0.39 is 0 Å². The predicted octanol–water partition coefficient (Wildman–Crippen LogP) is 17.7. The van der Waals surface area contributed by atoms with E-state index in [0.717, 1.165) is 77.9 Å². The number of hydrogen-bond donors (Lipinski definition) is 0. The lowest BCUT2D eigenvalue weighted by Crippen LogP contribution is -2.27. The van der Waals surface area contributed by atoms with E-state index in [-0.39, 0.29) is 11.8 Å². The molecule has 2 atom stereocenters. The van der Waals surface area contributed by atoms with Gasteiger partial charge in [-0.2, -0.15) is 0 Å². The average Bonchev–Trinajstić information content (AvgIpc) is 3.68. The van der Waals surface area contributed by atoms with Crippen LogP contribution in [0.1, 0.15) is 45.2 Å². The first-order valence-electron chi connectivity index (χ1n) is 27.2. The second kappa shape index (κ2) is 19.8. The zero-order chi connectivity index (χ0) is 52.9. The van der Waals surface area contributed by atoms with Crippen LogP contribution < -0.4 is 0 Å². The van der Waals surface area contributed by atoms with Crippen LogP contribution in [0.2, 0.25) is 0 Å². The molecule has 0 saturated carbocycles. The molecule has 13 aromatic rings. The van der Waals surface area contributed by atoms with E-state index in [0.29, 0.717) is 34.9 Å². The Balaban J connectivity index is 0.871. The van der Waals surface area contributed by atoms with Crippen LogP contribution in [0.4, 0.5) is 0 Å². The van der Waals surface area contributed by atoms with Crippen LogP contribution in [0.5, 0.6) is 0 Å². The summed E-state index contributed by atoms with van der Waals surface area (Å²) in [5.74, 6) is 3.66. The summed E-state index contributed by atoms with van der Waals surface area (Å²) in [6, 6.07) is 98.4. The van der Waals surface area contributed by atoms with Gasteiger partial charge in [0.1, 0.15) is 0 Å². The molecule has 0 fully saturated rings. The molecule has 2 bridgehead atoms. The van der Waals surface area contributed by atoms with Gasteiger partial charge in [0, 0.05) is 45.2 Å². The molecule has 0 saturated heterocycles. The first-order valence-corrected chi connectivity index (χ1v) is 27.2. The van der Waals surface area contributed by atoms with Gasteiger partial charge in [-0.05, 0) is 102 Å². The third kappa shape index (κ3) is 8.38. The Morgan fingerprint density at radius 1 is 0.163 bits per heavy atom. The molecule has 2 unspecified atom stereocenters. The highest BCUT2D eigenvalue weighted by atomic mass is 15.0. The van der Waals surface area contributed by atoms with Gasteiger partial charge in [-0.3, -0.25) is 0 Å². The highest BCUT2D eigenvalue weighted by Crippen LogP contribution is 2.57. The maximum absolute atomic E-state index is 5.42. The van der Waals surface area contributed by atoms with Crippen molar-refractivity contribution in [3.05, 3.63) is 312 Å². The van der Waals surface area contributed by atoms with Crippen molar-refractivity contribution in [3.8, 4) is 113 Å². The number of benzene rings is 11. The first-order chi connectivity index (χ1) is 39.6. The van der Waals surface area contributed by atoms with Crippen molar-refractivity contribution in [1.29, 1.82) is 0 Å². The summed E-state index contributed by atoms with van der Waals surface area (Å²) < 4.78 is 0. The summed E-state index contributed by atoms with van der Waals surface area (Å²) in [4.78, 5) is 32.0. The molecule has 0 radical (unpaired) electrons. The molecule has 0 amide bonds. The van der Waals surface area contributed by atoms with Crippen molar-refractivity contribution in [2.45, 2.75) is 11.8 Å². The molecule has 16 rings (SSSR count). The Morgan fingerprint density at radius 3 is 0.800 bits per heavy atom. The van der Waals surface area contributed by atoms with Gasteiger partial charge < -0.3 is 0 Å². The van der Waals surface area contributed by atoms with E-state index in [1.165, 1.54) is 33.4 Å². The number of hydrogen-bond acceptors (Lipinski definition) is 6. The Morgan fingerprint density at radius 2 is 0.438 bits per heavy atom. The Labute approximate surface area is 464 Å². The Bertz CT molecular complexity index is 4170. The molecule has 6 heteroatoms. The number of rotatable bonds is 10. The molecule has 374 valence electrons. The van der Waals surface area contributed by atoms with Crippen molar-refractivity contribution >= 4 is 0 Å². The Kier molecular flexibility index (Phi) is 11.6. The molecule has 11 aromatic carbocycles. The Hall–Kier alpha value is -10.6. The van der Waals surface area contributed by atoms with E-state index in [2.05, 4.69) is 243 Å². The van der Waals surface area contributed by atoms with E-state index in [9.17, 15) is 0 Å². The summed E-state index contributed by atoms with van der Waals surface area (Å²) >= 11 is 0. The number of aromatic nitrogens is 6. The van der Waals surface area contributed by atoms with Gasteiger partial charge in [0.2, 0.25) is 0 Å². The highest BCUT2D eigenvalue weighted by molar-refractivity contribution is 5.88. The molecule has 3 aliphatic carbocycles. The van der Waals surface area contributed by atoms with Crippen LogP contribution in [0.25, 0.3) is 113 Å². The zero-order valence-corrected chi connectivity index (χ0v) is 43.4. The molecule has 0 N–H and O–H groups in total. The molecule has 0 spiro atoms. The van der Waals surface area contributed by atoms with Gasteiger partial charge in [0.05, 0.1) is 0 Å². The molecular weight excluding hydrogens is 973 g/mol. The molecule has 2 heterocycles. The summed E-state index contributed by atoms with van der Waals surface area (Å²) in [6.07, 6.45) is 0. The summed E-state index contributed by atoms with van der Waals surface area (Å²) in [5, 5.41) is 0. The van der Waals surface area contributed by atoms with Gasteiger partial charge >= 0.3 is 0 Å². The van der Waals surface area contributed by atoms with E-state index in [1.54, 1.807) is 0 Å². The van der Waals surface area contributed by atoms with Gasteiger partial charge in [0.25, 0.3) is 0 Å². The van der Waals surface area contributed by atoms with Gasteiger partial charge in [-0.1, -0.05) is 255 Å². The second-order valence-electron chi connectivity index (χ2n) is 20.5. The maximum atomic E-state index is 5.42. The lowest BCUT2D eigenvalue weighted by Gasteiger charge is -2.42. The number of nitrogens with zero attached hydrogens (tertiary/aromatic N) is 6. The topological polar surface area (TPSA) is 77.3 Å². The predicted molar refractivity (Wildman–Crippen MR) is 322 cm³/mol. The van der Waals surface area contributed by atoms with Crippen LogP contribution in [0.15, 0.2) is 279 Å². The summed E-state index contributed by atoms with van der Waals surface area (Å²) in [6.45, 7) is 0. The third-order valence-corrected chi connectivity index (χ3v) is 15.8. The van der Waals surface area contributed by atoms with Crippen LogP contribution in [0, 0.1) is 0 Å². The van der Waals surface area contributed by atoms with Crippen molar-refractivity contribution in [2.75, 3.05) is 0 Å². The molecular formula is C74H48N6. The fraction of sp³-hybridized carbons (Fsp3) is 0.0270. The highest BCUT2D eigenvalue weighted by Gasteiger charge is 2.42. The van der Waals surface area contributed by atoms with Gasteiger partial charge in [0.15, 0.2) is 34.9 Å². The normalized spacial score (nSPS) is 13.8. The molecule has 0 aliphatic heterocycles. The van der Waals surface area contributed by atoms with E-state index >= 15 is 0 Å². The zero-order valence-electron chi connectivity index (χ0n) is 43.4. The lowest BCUT2D eigenvalue weighted by molar-refractivity contribution is 0.754. The van der Waals surface area contributed by atoms with Crippen LogP contribution in [-0.2, 0) is 0 Å². The maximum Gasteiger partial charge on any atom is 0.164 e. The summed E-state index contributed by atoms with van der Waals surface area (Å²) in [7, 11) is 0. The molecule has 6 nitrogen and oxygen atoms in total. The largest absolute Gasteiger partial charge is 0.208 e. The fourth-order valence-corrected chi connectivity index (χ4v) is 12.0. The van der Waals surface area contributed by atoms with Gasteiger partial charge in [-0.25, -0.2) is 29.9 Å². The van der Waals surface area contributed by atoms with Gasteiger partial charge in [-0.15, -0.1) is 0 Å². The standard InChI is InChI=1S/C74H48N6/c1-7-21-47(22-8-1)53-35-39-57(49-25-11-3-12-26-49)65(43-53)73-77-69(51-29-15-5-16-30-51)75-71(79-73)55-37-41-61-63(45-55)67-59-33-19-20-34-60(59)68(61)64-46-56(38-42-62(64)67)72-76-70(52-31-17-6-18-32-52)78-74(80-72)66-44-54(48-23-9-2-10-24-48)36-40-58(66)50-27-13-4-14-28-50/h1-46,67-68H. The van der Waals surface area contributed by atoms with Crippen LogP contribution in [0.3, 0.4) is 0 Å². The first kappa shape index (κ1) is 46.7. The van der Waals surface area contributed by atoms with Crippen molar-refractivity contribution < 1.29 is 0 Å². The quantitative estimate of drug-likeness (QED) is 0.136. The minimum Gasteiger partial charge on any atom is -0.208 e. The smallest absolute Gasteiger partial charge is 0.164 e. The van der Waals surface area contributed by atoms with Crippen LogP contribution >= 0.6 is 0 Å². The average molecular weight is 1020 g/mol. The lowest BCUT2D eigenvalue weighted by atomic mass is 9.61. The monoisotopic (exact) mass is 1020 g/mol. The minimum atomic E-state index is -0.0275. The van der Waals surface area contributed by atoms with Crippen molar-refractivity contribution in [2.24, 2.45) is 0 Å². The molecule has 2 aromatic heterocycles. The van der Waals surface area contributed by atoms with E-state index in [1.807, 2.05) is 36.4 Å². The van der Waals surface area contributed by atoms with Crippen molar-refractivity contribution in [3.63, 3.8) is 0 Å². The second-order valence-corrected chi connectivity index (χ2v) is 20.5. The fourth-order valence-electron chi connectivity index (χ4n) is 12.0. The SMILES string of the molecule is c1ccc(-c2ccc(-c3ccccc3)c(-c3nc(-c4ccccc4)nc(-c4ccc5c(c4)C4c6ccccc6C5c5cc(-c6nc(-c7ccccc7)nc(-c7cc(-c8ccccc8)ccc7-c7ccccc7)n6)ccc54)n3)c2)cc1. The van der Waals surface area contributed by atoms with Crippen molar-refractivity contribution in [1.82, 2.24) is 29.9 Å². The molecule has 80 heavy (non-hydrogen) atoms. The minimum absolute atomic E-state index is 0.0275. The molecule has 3 aliphatic rings.